The number of aryl methyl sites for hydroxylation is 1. The molecule has 0 atom stereocenters. The van der Waals surface area contributed by atoms with Gasteiger partial charge in [0.1, 0.15) is 0 Å². The molecule has 2 aromatic carbocycles. The summed E-state index contributed by atoms with van der Waals surface area (Å²) >= 11 is 0. The van der Waals surface area contributed by atoms with E-state index in [1.54, 1.807) is 0 Å². The van der Waals surface area contributed by atoms with Gasteiger partial charge in [0.05, 0.1) is 23.4 Å². The van der Waals surface area contributed by atoms with Crippen LogP contribution in [0.2, 0.25) is 0 Å². The fourth-order valence-electron chi connectivity index (χ4n) is 3.49. The molecule has 2 aromatic heterocycles. The van der Waals surface area contributed by atoms with Crippen molar-refractivity contribution in [3.63, 3.8) is 0 Å². The predicted molar refractivity (Wildman–Crippen MR) is 108 cm³/mol. The maximum atomic E-state index is 11.2. The Morgan fingerprint density at radius 1 is 1.11 bits per heavy atom. The molecule has 0 unspecified atom stereocenters. The van der Waals surface area contributed by atoms with Crippen molar-refractivity contribution in [3.05, 3.63) is 66.5 Å². The van der Waals surface area contributed by atoms with Crippen molar-refractivity contribution in [3.8, 4) is 22.6 Å². The van der Waals surface area contributed by atoms with Crippen molar-refractivity contribution in [2.45, 2.75) is 20.4 Å². The van der Waals surface area contributed by atoms with Crippen molar-refractivity contribution in [2.75, 3.05) is 6.54 Å². The molecule has 0 spiro atoms. The Morgan fingerprint density at radius 3 is 2.59 bits per heavy atom. The maximum Gasteiger partial charge on any atom is 0.216 e. The van der Waals surface area contributed by atoms with E-state index in [4.69, 9.17) is 4.98 Å². The summed E-state index contributed by atoms with van der Waals surface area (Å²) in [6.45, 7) is 4.88. The molecule has 0 radical (unpaired) electrons. The third kappa shape index (κ3) is 3.24. The first-order chi connectivity index (χ1) is 13.1. The van der Waals surface area contributed by atoms with Crippen molar-refractivity contribution in [1.82, 2.24) is 19.9 Å². The Hall–Kier alpha value is -3.34. The normalized spacial score (nSPS) is 11.0. The summed E-state index contributed by atoms with van der Waals surface area (Å²) in [6, 6.07) is 18.5. The minimum absolute atomic E-state index is 0.0262. The van der Waals surface area contributed by atoms with E-state index < -0.39 is 0 Å². The summed E-state index contributed by atoms with van der Waals surface area (Å²) < 4.78 is 2.11. The summed E-state index contributed by atoms with van der Waals surface area (Å²) in [7, 11) is 0. The quantitative estimate of drug-likeness (QED) is 0.563. The Morgan fingerprint density at radius 2 is 1.85 bits per heavy atom. The van der Waals surface area contributed by atoms with Gasteiger partial charge in [-0.05, 0) is 18.6 Å². The van der Waals surface area contributed by atoms with Gasteiger partial charge >= 0.3 is 0 Å². The van der Waals surface area contributed by atoms with E-state index in [0.29, 0.717) is 13.1 Å². The summed E-state index contributed by atoms with van der Waals surface area (Å²) in [5, 5.41) is 4.07. The number of nitrogens with zero attached hydrogens (tertiary/aromatic N) is 2. The number of nitrogens with one attached hydrogen (secondary N) is 2. The molecule has 4 rings (SSSR count). The molecule has 27 heavy (non-hydrogen) atoms. The van der Waals surface area contributed by atoms with E-state index in [1.165, 1.54) is 17.9 Å². The number of carbonyl (C=O) groups is 1. The summed E-state index contributed by atoms with van der Waals surface area (Å²) in [6.07, 6.45) is 1.85. The van der Waals surface area contributed by atoms with Crippen LogP contribution in [0.1, 0.15) is 12.5 Å². The monoisotopic (exact) mass is 358 g/mol. The van der Waals surface area contributed by atoms with Gasteiger partial charge in [-0.15, -0.1) is 0 Å². The van der Waals surface area contributed by atoms with Crippen LogP contribution in [0.25, 0.3) is 33.5 Å². The molecular formula is C22H22N4O. The average molecular weight is 358 g/mol. The van der Waals surface area contributed by atoms with Crippen LogP contribution in [0, 0.1) is 6.92 Å². The smallest absolute Gasteiger partial charge is 0.216 e. The zero-order chi connectivity index (χ0) is 18.8. The van der Waals surface area contributed by atoms with Gasteiger partial charge in [0.2, 0.25) is 5.91 Å². The van der Waals surface area contributed by atoms with Gasteiger partial charge in [-0.3, -0.25) is 4.79 Å². The number of H-pyrrole nitrogens is 1. The third-order valence-electron chi connectivity index (χ3n) is 4.81. The lowest BCUT2D eigenvalue weighted by Gasteiger charge is -2.11. The molecule has 136 valence electrons. The maximum absolute atomic E-state index is 11.2. The Labute approximate surface area is 158 Å². The van der Waals surface area contributed by atoms with Crippen LogP contribution in [0.15, 0.2) is 60.9 Å². The van der Waals surface area contributed by atoms with E-state index in [2.05, 4.69) is 52.1 Å². The molecule has 2 N–H and O–H groups in total. The van der Waals surface area contributed by atoms with Gasteiger partial charge in [0.15, 0.2) is 0 Å². The highest BCUT2D eigenvalue weighted by Gasteiger charge is 2.19. The van der Waals surface area contributed by atoms with Crippen molar-refractivity contribution in [2.24, 2.45) is 0 Å². The second-order valence-electron chi connectivity index (χ2n) is 6.65. The minimum Gasteiger partial charge on any atom is -0.355 e. The molecule has 4 aromatic rings. The zero-order valence-electron chi connectivity index (χ0n) is 15.5. The van der Waals surface area contributed by atoms with E-state index in [0.717, 1.165) is 28.2 Å². The Balaban J connectivity index is 1.86. The standard InChI is InChI=1S/C22H22N4O/c1-15-18-10-6-7-11-19(18)25-20(15)22-21(17-8-4-3-5-9-17)24-14-26(22)13-12-23-16(2)27/h3-11,14,25H,12-13H2,1-2H3,(H,23,27). The number of rotatable bonds is 5. The lowest BCUT2D eigenvalue weighted by Crippen LogP contribution is -2.24. The summed E-state index contributed by atoms with van der Waals surface area (Å²) in [5.41, 5.74) is 6.43. The first kappa shape index (κ1) is 17.1. The van der Waals surface area contributed by atoms with Gasteiger partial charge in [-0.25, -0.2) is 4.98 Å². The lowest BCUT2D eigenvalue weighted by molar-refractivity contribution is -0.118. The largest absolute Gasteiger partial charge is 0.355 e. The fraction of sp³-hybridized carbons (Fsp3) is 0.182. The molecule has 5 nitrogen and oxygen atoms in total. The van der Waals surface area contributed by atoms with Crippen LogP contribution < -0.4 is 5.32 Å². The van der Waals surface area contributed by atoms with Gasteiger partial charge in [0, 0.05) is 36.5 Å². The van der Waals surface area contributed by atoms with Crippen molar-refractivity contribution < 1.29 is 4.79 Å². The molecule has 0 aliphatic rings. The fourth-order valence-corrected chi connectivity index (χ4v) is 3.49. The Kier molecular flexibility index (Phi) is 4.50. The average Bonchev–Trinajstić information content (AvgIpc) is 3.23. The number of carbonyl (C=O) groups excluding carboxylic acids is 1. The predicted octanol–water partition coefficient (Wildman–Crippen LogP) is 4.14. The van der Waals surface area contributed by atoms with E-state index >= 15 is 0 Å². The number of para-hydroxylation sites is 1. The van der Waals surface area contributed by atoms with E-state index in [-0.39, 0.29) is 5.91 Å². The molecule has 0 bridgehead atoms. The topological polar surface area (TPSA) is 62.7 Å². The highest BCUT2D eigenvalue weighted by molar-refractivity contribution is 5.92. The van der Waals surface area contributed by atoms with E-state index in [9.17, 15) is 4.79 Å². The van der Waals surface area contributed by atoms with Gasteiger partial charge in [0.25, 0.3) is 0 Å². The van der Waals surface area contributed by atoms with Crippen LogP contribution in [-0.4, -0.2) is 27.0 Å². The molecule has 1 amide bonds. The third-order valence-corrected chi connectivity index (χ3v) is 4.81. The first-order valence-electron chi connectivity index (χ1n) is 9.08. The zero-order valence-corrected chi connectivity index (χ0v) is 15.5. The van der Waals surface area contributed by atoms with Crippen LogP contribution in [0.4, 0.5) is 0 Å². The number of imidazole rings is 1. The molecule has 0 saturated heterocycles. The number of fused-ring (bicyclic) bond motifs is 1. The molecule has 0 aliphatic heterocycles. The molecule has 0 fully saturated rings. The van der Waals surface area contributed by atoms with Gasteiger partial charge < -0.3 is 14.9 Å². The number of amides is 1. The van der Waals surface area contributed by atoms with Crippen molar-refractivity contribution >= 4 is 16.8 Å². The molecule has 0 saturated carbocycles. The highest BCUT2D eigenvalue weighted by atomic mass is 16.1. The molecule has 2 heterocycles. The molecule has 0 aliphatic carbocycles. The Bertz CT molecular complexity index is 1090. The summed E-state index contributed by atoms with van der Waals surface area (Å²) in [4.78, 5) is 19.5. The van der Waals surface area contributed by atoms with Gasteiger partial charge in [-0.2, -0.15) is 0 Å². The van der Waals surface area contributed by atoms with Gasteiger partial charge in [-0.1, -0.05) is 48.5 Å². The number of aromatic amines is 1. The lowest BCUT2D eigenvalue weighted by atomic mass is 10.1. The highest BCUT2D eigenvalue weighted by Crippen LogP contribution is 2.35. The number of benzene rings is 2. The second kappa shape index (κ2) is 7.11. The summed E-state index contributed by atoms with van der Waals surface area (Å²) in [5.74, 6) is -0.0262. The van der Waals surface area contributed by atoms with Crippen LogP contribution in [0.5, 0.6) is 0 Å². The molecular weight excluding hydrogens is 336 g/mol. The number of aromatic nitrogens is 3. The number of hydrogen-bond donors (Lipinski definition) is 2. The van der Waals surface area contributed by atoms with Crippen molar-refractivity contribution in [1.29, 1.82) is 0 Å². The second-order valence-corrected chi connectivity index (χ2v) is 6.65. The molecule has 5 heteroatoms. The SMILES string of the molecule is CC(=O)NCCn1cnc(-c2ccccc2)c1-c1[nH]c2ccccc2c1C. The minimum atomic E-state index is -0.0262. The van der Waals surface area contributed by atoms with E-state index in [1.807, 2.05) is 30.6 Å². The number of hydrogen-bond acceptors (Lipinski definition) is 2. The van der Waals surface area contributed by atoms with Crippen LogP contribution in [0.3, 0.4) is 0 Å². The van der Waals surface area contributed by atoms with Crippen LogP contribution >= 0.6 is 0 Å². The van der Waals surface area contributed by atoms with Crippen LogP contribution in [-0.2, 0) is 11.3 Å². The first-order valence-corrected chi connectivity index (χ1v) is 9.08.